The van der Waals surface area contributed by atoms with Crippen molar-refractivity contribution in [3.05, 3.63) is 5.82 Å². The van der Waals surface area contributed by atoms with Gasteiger partial charge < -0.3 is 10.2 Å². The van der Waals surface area contributed by atoms with Crippen LogP contribution in [0.1, 0.15) is 32.5 Å². The highest BCUT2D eigenvalue weighted by Gasteiger charge is 2.02. The number of hydrogen-bond donors (Lipinski definition) is 1. The molecule has 0 aliphatic rings. The van der Waals surface area contributed by atoms with Crippen molar-refractivity contribution in [2.45, 2.75) is 39.7 Å². The zero-order valence-corrected chi connectivity index (χ0v) is 11.5. The van der Waals surface area contributed by atoms with Gasteiger partial charge in [-0.15, -0.1) is 0 Å². The number of aromatic nitrogens is 2. The lowest BCUT2D eigenvalue weighted by molar-refractivity contribution is 0.269. The predicted molar refractivity (Wildman–Crippen MR) is 70.1 cm³/mol. The van der Waals surface area contributed by atoms with Gasteiger partial charge in [0.25, 0.3) is 0 Å². The molecule has 0 fully saturated rings. The maximum atomic E-state index is 4.26. The Labute approximate surface area is 102 Å². The molecule has 0 aromatic carbocycles. The summed E-state index contributed by atoms with van der Waals surface area (Å²) in [6.45, 7) is 8.51. The highest BCUT2D eigenvalue weighted by Crippen LogP contribution is 2.09. The number of nitrogens with zero attached hydrogens (tertiary/aromatic N) is 3. The third kappa shape index (κ3) is 4.90. The molecule has 92 valence electrons. The number of anilines is 1. The van der Waals surface area contributed by atoms with E-state index < -0.39 is 0 Å². The predicted octanol–water partition coefficient (Wildman–Crippen LogP) is 2.38. The first-order valence-corrected chi connectivity index (χ1v) is 6.61. The molecular weight excluding hydrogens is 220 g/mol. The average Bonchev–Trinajstić information content (AvgIpc) is 2.63. The summed E-state index contributed by atoms with van der Waals surface area (Å²) in [5, 5.41) is 4.23. The van der Waals surface area contributed by atoms with Crippen molar-refractivity contribution in [3.8, 4) is 0 Å². The van der Waals surface area contributed by atoms with Gasteiger partial charge in [-0.1, -0.05) is 0 Å². The quantitative estimate of drug-likeness (QED) is 0.745. The molecule has 0 bridgehead atoms. The minimum atomic E-state index is 0.638. The Hall–Kier alpha value is -0.680. The Bertz CT molecular complexity index is 298. The molecule has 1 aromatic heterocycles. The van der Waals surface area contributed by atoms with Crippen LogP contribution in [0.2, 0.25) is 0 Å². The van der Waals surface area contributed by atoms with Crippen LogP contribution in [0.5, 0.6) is 0 Å². The summed E-state index contributed by atoms with van der Waals surface area (Å²) in [4.78, 5) is 6.63. The van der Waals surface area contributed by atoms with Gasteiger partial charge in [0, 0.05) is 24.1 Å². The molecule has 0 unspecified atom stereocenters. The average molecular weight is 242 g/mol. The molecule has 1 heterocycles. The van der Waals surface area contributed by atoms with E-state index in [1.807, 2.05) is 6.92 Å². The van der Waals surface area contributed by atoms with Crippen LogP contribution >= 0.6 is 11.5 Å². The minimum Gasteiger partial charge on any atom is -0.360 e. The van der Waals surface area contributed by atoms with E-state index in [1.54, 1.807) is 0 Å². The third-order valence-electron chi connectivity index (χ3n) is 2.62. The van der Waals surface area contributed by atoms with Crippen LogP contribution < -0.4 is 5.32 Å². The Morgan fingerprint density at radius 3 is 2.69 bits per heavy atom. The SMILES string of the molecule is Cc1nsc(NCCCCN(C)C(C)C)n1. The molecule has 5 heteroatoms. The van der Waals surface area contributed by atoms with Crippen molar-refractivity contribution in [2.75, 3.05) is 25.5 Å². The smallest absolute Gasteiger partial charge is 0.202 e. The molecule has 0 radical (unpaired) electrons. The van der Waals surface area contributed by atoms with E-state index in [9.17, 15) is 0 Å². The lowest BCUT2D eigenvalue weighted by Gasteiger charge is -2.20. The van der Waals surface area contributed by atoms with Gasteiger partial charge in [0.15, 0.2) is 0 Å². The first-order valence-electron chi connectivity index (χ1n) is 5.84. The minimum absolute atomic E-state index is 0.638. The molecule has 1 N–H and O–H groups in total. The number of aryl methyl sites for hydroxylation is 1. The van der Waals surface area contributed by atoms with Crippen LogP contribution in [0, 0.1) is 6.92 Å². The van der Waals surface area contributed by atoms with Crippen molar-refractivity contribution in [1.29, 1.82) is 0 Å². The van der Waals surface area contributed by atoms with E-state index in [0.29, 0.717) is 6.04 Å². The Kier molecular flexibility index (Phi) is 5.69. The van der Waals surface area contributed by atoms with Gasteiger partial charge in [-0.25, -0.2) is 4.98 Å². The van der Waals surface area contributed by atoms with Gasteiger partial charge in [-0.3, -0.25) is 0 Å². The summed E-state index contributed by atoms with van der Waals surface area (Å²) >= 11 is 1.44. The molecule has 1 aromatic rings. The first kappa shape index (κ1) is 13.4. The van der Waals surface area contributed by atoms with E-state index in [-0.39, 0.29) is 0 Å². The van der Waals surface area contributed by atoms with Gasteiger partial charge in [0.1, 0.15) is 5.82 Å². The summed E-state index contributed by atoms with van der Waals surface area (Å²) in [6, 6.07) is 0.638. The zero-order chi connectivity index (χ0) is 12.0. The number of hydrogen-bond acceptors (Lipinski definition) is 5. The second kappa shape index (κ2) is 6.81. The molecule has 4 nitrogen and oxygen atoms in total. The normalized spacial score (nSPS) is 11.4. The fourth-order valence-electron chi connectivity index (χ4n) is 1.31. The van der Waals surface area contributed by atoms with Gasteiger partial charge in [-0.2, -0.15) is 4.37 Å². The van der Waals surface area contributed by atoms with Crippen LogP contribution in [0.15, 0.2) is 0 Å². The molecule has 0 amide bonds. The van der Waals surface area contributed by atoms with Crippen molar-refractivity contribution in [1.82, 2.24) is 14.3 Å². The molecule has 0 spiro atoms. The number of unbranched alkanes of at least 4 members (excludes halogenated alkanes) is 1. The Morgan fingerprint density at radius 2 is 2.12 bits per heavy atom. The highest BCUT2D eigenvalue weighted by molar-refractivity contribution is 7.09. The zero-order valence-electron chi connectivity index (χ0n) is 10.7. The molecule has 16 heavy (non-hydrogen) atoms. The summed E-state index contributed by atoms with van der Waals surface area (Å²) in [7, 11) is 2.17. The highest BCUT2D eigenvalue weighted by atomic mass is 32.1. The molecule has 0 saturated heterocycles. The fraction of sp³-hybridized carbons (Fsp3) is 0.818. The van der Waals surface area contributed by atoms with Crippen molar-refractivity contribution >= 4 is 16.7 Å². The number of rotatable bonds is 7. The molecule has 0 saturated carbocycles. The summed E-state index contributed by atoms with van der Waals surface area (Å²) in [5.74, 6) is 0.854. The second-order valence-corrected chi connectivity index (χ2v) is 5.11. The molecule has 0 aliphatic heterocycles. The van der Waals surface area contributed by atoms with Gasteiger partial charge in [0.2, 0.25) is 5.13 Å². The second-order valence-electron chi connectivity index (χ2n) is 4.35. The van der Waals surface area contributed by atoms with Gasteiger partial charge in [0.05, 0.1) is 0 Å². The van der Waals surface area contributed by atoms with Crippen LogP contribution in [0.25, 0.3) is 0 Å². The largest absolute Gasteiger partial charge is 0.360 e. The monoisotopic (exact) mass is 242 g/mol. The first-order chi connectivity index (χ1) is 7.59. The van der Waals surface area contributed by atoms with E-state index in [4.69, 9.17) is 0 Å². The molecule has 0 atom stereocenters. The maximum Gasteiger partial charge on any atom is 0.202 e. The lowest BCUT2D eigenvalue weighted by atomic mass is 10.2. The van der Waals surface area contributed by atoms with Crippen LogP contribution in [0.3, 0.4) is 0 Å². The molecular formula is C11H22N4S. The van der Waals surface area contributed by atoms with E-state index >= 15 is 0 Å². The van der Waals surface area contributed by atoms with Crippen molar-refractivity contribution in [3.63, 3.8) is 0 Å². The van der Waals surface area contributed by atoms with Gasteiger partial charge in [-0.05, 0) is 47.2 Å². The maximum absolute atomic E-state index is 4.26. The van der Waals surface area contributed by atoms with E-state index in [1.165, 1.54) is 24.4 Å². The Morgan fingerprint density at radius 1 is 1.38 bits per heavy atom. The van der Waals surface area contributed by atoms with Crippen molar-refractivity contribution in [2.24, 2.45) is 0 Å². The lowest BCUT2D eigenvalue weighted by Crippen LogP contribution is -2.27. The fourth-order valence-corrected chi connectivity index (χ4v) is 1.91. The standard InChI is InChI=1S/C11H22N4S/c1-9(2)15(4)8-6-5-7-12-11-13-10(3)14-16-11/h9H,5-8H2,1-4H3,(H,12,13,14). The number of nitrogens with one attached hydrogen (secondary N) is 1. The summed E-state index contributed by atoms with van der Waals surface area (Å²) in [5.41, 5.74) is 0. The van der Waals surface area contributed by atoms with Crippen molar-refractivity contribution < 1.29 is 0 Å². The van der Waals surface area contributed by atoms with Crippen LogP contribution in [-0.4, -0.2) is 40.4 Å². The molecule has 0 aliphatic carbocycles. The topological polar surface area (TPSA) is 41.1 Å². The third-order valence-corrected chi connectivity index (χ3v) is 3.39. The summed E-state index contributed by atoms with van der Waals surface area (Å²) in [6.07, 6.45) is 2.40. The van der Waals surface area contributed by atoms with Crippen LogP contribution in [-0.2, 0) is 0 Å². The molecule has 1 rings (SSSR count). The van der Waals surface area contributed by atoms with Crippen LogP contribution in [0.4, 0.5) is 5.13 Å². The van der Waals surface area contributed by atoms with E-state index in [0.717, 1.165) is 24.0 Å². The van der Waals surface area contributed by atoms with Gasteiger partial charge >= 0.3 is 0 Å². The Balaban J connectivity index is 2.04. The van der Waals surface area contributed by atoms with E-state index in [2.05, 4.69) is 40.5 Å². The summed E-state index contributed by atoms with van der Waals surface area (Å²) < 4.78 is 4.13.